The molecule has 0 amide bonds. The summed E-state index contributed by atoms with van der Waals surface area (Å²) in [6.07, 6.45) is 8.70. The molecule has 2 heterocycles. The first-order valence-electron chi connectivity index (χ1n) is 9.40. The molecular weight excluding hydrogens is 380 g/mol. The number of hydrogen-bond acceptors (Lipinski definition) is 4. The molecule has 0 spiro atoms. The minimum atomic E-state index is 0.365. The number of alkyl halides is 1. The van der Waals surface area contributed by atoms with Gasteiger partial charge >= 0.3 is 0 Å². The van der Waals surface area contributed by atoms with E-state index in [1.165, 1.54) is 45.3 Å². The van der Waals surface area contributed by atoms with Gasteiger partial charge in [0.2, 0.25) is 0 Å². The second-order valence-electron chi connectivity index (χ2n) is 6.99. The topological polar surface area (TPSA) is 35.9 Å². The lowest BCUT2D eigenvalue weighted by atomic mass is 10.00. The predicted octanol–water partition coefficient (Wildman–Crippen LogP) is 3.42. The van der Waals surface area contributed by atoms with Gasteiger partial charge in [-0.25, -0.2) is 0 Å². The van der Waals surface area contributed by atoms with Crippen LogP contribution >= 0.6 is 15.9 Å². The van der Waals surface area contributed by atoms with Gasteiger partial charge in [-0.1, -0.05) is 28.1 Å². The van der Waals surface area contributed by atoms with Gasteiger partial charge in [0.1, 0.15) is 0 Å². The lowest BCUT2D eigenvalue weighted by Gasteiger charge is -2.29. The van der Waals surface area contributed by atoms with Crippen LogP contribution in [0.1, 0.15) is 25.7 Å². The standard InChI is InChI=1S/C10H19NO.C7H15NO.C3H5Br/c1-3-7-12-9-10-5-4-6-11(2)8-10;1-8-4-2-3-7(5-8)6-9;1-2-3-4/h3,10H,1,4-9H2,2H3;7,9H,2-6H2,1H3;2H,1,3H2/t10-;7-;/m00./s1. The Hall–Kier alpha value is -0.200. The van der Waals surface area contributed by atoms with E-state index in [1.807, 2.05) is 6.08 Å². The molecule has 2 atom stereocenters. The Bertz CT molecular complexity index is 329. The fraction of sp³-hybridized carbons (Fsp3) is 0.800. The van der Waals surface area contributed by atoms with Crippen molar-refractivity contribution in [2.24, 2.45) is 11.8 Å². The average Bonchev–Trinajstić information content (AvgIpc) is 2.63. The molecule has 2 saturated heterocycles. The van der Waals surface area contributed by atoms with Gasteiger partial charge in [-0.05, 0) is 64.7 Å². The maximum atomic E-state index is 8.78. The number of likely N-dealkylation sites (tertiary alicyclic amines) is 2. The van der Waals surface area contributed by atoms with Crippen LogP contribution in [0.3, 0.4) is 0 Å². The summed E-state index contributed by atoms with van der Waals surface area (Å²) in [6.45, 7) is 13.7. The van der Waals surface area contributed by atoms with E-state index >= 15 is 0 Å². The van der Waals surface area contributed by atoms with Crippen molar-refractivity contribution in [2.45, 2.75) is 25.7 Å². The Kier molecular flexibility index (Phi) is 17.1. The molecular formula is C20H39BrN2O2. The summed E-state index contributed by atoms with van der Waals surface area (Å²) in [5.41, 5.74) is 0. The first kappa shape index (κ1) is 24.8. The minimum Gasteiger partial charge on any atom is -0.396 e. The third-order valence-electron chi connectivity index (χ3n) is 4.40. The van der Waals surface area contributed by atoms with Crippen molar-refractivity contribution in [3.63, 3.8) is 0 Å². The molecule has 0 unspecified atom stereocenters. The van der Waals surface area contributed by atoms with E-state index in [1.54, 1.807) is 6.08 Å². The first-order valence-corrected chi connectivity index (χ1v) is 10.5. The van der Waals surface area contributed by atoms with Crippen molar-refractivity contribution in [2.75, 3.05) is 65.4 Å². The van der Waals surface area contributed by atoms with Gasteiger partial charge in [0, 0.05) is 25.0 Å². The number of halogens is 1. The summed E-state index contributed by atoms with van der Waals surface area (Å²) in [5.74, 6) is 1.28. The molecule has 4 nitrogen and oxygen atoms in total. The summed E-state index contributed by atoms with van der Waals surface area (Å²) in [7, 11) is 4.29. The molecule has 0 bridgehead atoms. The number of aliphatic hydroxyl groups is 1. The van der Waals surface area contributed by atoms with Crippen LogP contribution in [0, 0.1) is 11.8 Å². The maximum absolute atomic E-state index is 8.78. The molecule has 0 aromatic heterocycles. The highest BCUT2D eigenvalue weighted by Gasteiger charge is 2.16. The van der Waals surface area contributed by atoms with Crippen molar-refractivity contribution in [1.29, 1.82) is 0 Å². The molecule has 2 aliphatic heterocycles. The van der Waals surface area contributed by atoms with Crippen molar-refractivity contribution < 1.29 is 9.84 Å². The maximum Gasteiger partial charge on any atom is 0.0644 e. The van der Waals surface area contributed by atoms with Gasteiger partial charge < -0.3 is 19.6 Å². The fourth-order valence-corrected chi connectivity index (χ4v) is 3.15. The SMILES string of the molecule is C=CCBr.C=CCOC[C@H]1CCCN(C)C1.CN1CCC[C@H](CO)C1. The molecule has 0 aromatic rings. The van der Waals surface area contributed by atoms with E-state index in [-0.39, 0.29) is 0 Å². The summed E-state index contributed by atoms with van der Waals surface area (Å²) < 4.78 is 5.43. The van der Waals surface area contributed by atoms with Crippen LogP contribution in [-0.2, 0) is 4.74 Å². The van der Waals surface area contributed by atoms with Crippen LogP contribution in [0.25, 0.3) is 0 Å². The third kappa shape index (κ3) is 14.6. The van der Waals surface area contributed by atoms with E-state index in [0.29, 0.717) is 19.1 Å². The monoisotopic (exact) mass is 418 g/mol. The second kappa shape index (κ2) is 17.2. The highest BCUT2D eigenvalue weighted by atomic mass is 79.9. The minimum absolute atomic E-state index is 0.365. The lowest BCUT2D eigenvalue weighted by Crippen LogP contribution is -2.34. The zero-order valence-electron chi connectivity index (χ0n) is 16.3. The van der Waals surface area contributed by atoms with Crippen LogP contribution in [0.5, 0.6) is 0 Å². The van der Waals surface area contributed by atoms with Crippen molar-refractivity contribution in [1.82, 2.24) is 9.80 Å². The molecule has 0 saturated carbocycles. The number of rotatable bonds is 6. The van der Waals surface area contributed by atoms with Gasteiger partial charge in [0.25, 0.3) is 0 Å². The predicted molar refractivity (Wildman–Crippen MR) is 113 cm³/mol. The van der Waals surface area contributed by atoms with Gasteiger partial charge in [-0.15, -0.1) is 13.2 Å². The number of aliphatic hydroxyl groups excluding tert-OH is 1. The second-order valence-corrected chi connectivity index (χ2v) is 7.64. The van der Waals surface area contributed by atoms with Gasteiger partial charge in [0.05, 0.1) is 13.2 Å². The Morgan fingerprint density at radius 2 is 1.56 bits per heavy atom. The van der Waals surface area contributed by atoms with Gasteiger partial charge in [0.15, 0.2) is 0 Å². The Morgan fingerprint density at radius 1 is 1.04 bits per heavy atom. The fourth-order valence-electron chi connectivity index (χ4n) is 3.15. The smallest absolute Gasteiger partial charge is 0.0644 e. The molecule has 1 N–H and O–H groups in total. The molecule has 0 aliphatic carbocycles. The summed E-state index contributed by atoms with van der Waals surface area (Å²) in [6, 6.07) is 0. The highest BCUT2D eigenvalue weighted by molar-refractivity contribution is 9.09. The normalized spacial score (nSPS) is 24.3. The van der Waals surface area contributed by atoms with Crippen LogP contribution in [0.2, 0.25) is 0 Å². The van der Waals surface area contributed by atoms with Crippen LogP contribution in [0.4, 0.5) is 0 Å². The van der Waals surface area contributed by atoms with E-state index in [9.17, 15) is 0 Å². The quantitative estimate of drug-likeness (QED) is 0.407. The Balaban J connectivity index is 0.000000391. The summed E-state index contributed by atoms with van der Waals surface area (Å²) in [5, 5.41) is 9.68. The average molecular weight is 419 g/mol. The summed E-state index contributed by atoms with van der Waals surface area (Å²) >= 11 is 3.13. The van der Waals surface area contributed by atoms with Crippen LogP contribution < -0.4 is 0 Å². The van der Waals surface area contributed by atoms with Crippen LogP contribution in [-0.4, -0.2) is 80.3 Å². The van der Waals surface area contributed by atoms with E-state index < -0.39 is 0 Å². The molecule has 148 valence electrons. The molecule has 2 rings (SSSR count). The largest absolute Gasteiger partial charge is 0.396 e. The van der Waals surface area contributed by atoms with Gasteiger partial charge in [-0.3, -0.25) is 0 Å². The number of allylic oxidation sites excluding steroid dienone is 1. The van der Waals surface area contributed by atoms with Crippen molar-refractivity contribution in [3.8, 4) is 0 Å². The Morgan fingerprint density at radius 3 is 1.96 bits per heavy atom. The first-order chi connectivity index (χ1) is 12.1. The lowest BCUT2D eigenvalue weighted by molar-refractivity contribution is 0.0833. The zero-order chi connectivity index (χ0) is 18.9. The Labute approximate surface area is 164 Å². The third-order valence-corrected chi connectivity index (χ3v) is 4.86. The number of hydrogen-bond donors (Lipinski definition) is 1. The van der Waals surface area contributed by atoms with Crippen LogP contribution in [0.15, 0.2) is 25.3 Å². The van der Waals surface area contributed by atoms with Crippen molar-refractivity contribution >= 4 is 15.9 Å². The van der Waals surface area contributed by atoms with Crippen molar-refractivity contribution in [3.05, 3.63) is 25.3 Å². The van der Waals surface area contributed by atoms with Gasteiger partial charge in [-0.2, -0.15) is 0 Å². The molecule has 2 aliphatic rings. The molecule has 5 heteroatoms. The summed E-state index contributed by atoms with van der Waals surface area (Å²) in [4.78, 5) is 4.66. The molecule has 2 fully saturated rings. The molecule has 0 radical (unpaired) electrons. The molecule has 0 aromatic carbocycles. The van der Waals surface area contributed by atoms with E-state index in [2.05, 4.69) is 53.0 Å². The number of nitrogens with zero attached hydrogens (tertiary/aromatic N) is 2. The number of ether oxygens (including phenoxy) is 1. The number of piperidine rings is 2. The van der Waals surface area contributed by atoms with E-state index in [0.717, 1.165) is 24.4 Å². The highest BCUT2D eigenvalue weighted by Crippen LogP contribution is 2.15. The molecule has 25 heavy (non-hydrogen) atoms. The zero-order valence-corrected chi connectivity index (χ0v) is 17.9. The van der Waals surface area contributed by atoms with E-state index in [4.69, 9.17) is 9.84 Å².